The fourth-order valence-corrected chi connectivity index (χ4v) is 5.94. The summed E-state index contributed by atoms with van der Waals surface area (Å²) < 4.78 is 43.0. The van der Waals surface area contributed by atoms with Crippen molar-refractivity contribution >= 4 is 40.0 Å². The zero-order valence-corrected chi connectivity index (χ0v) is 21.8. The van der Waals surface area contributed by atoms with Gasteiger partial charge in [0.25, 0.3) is 11.8 Å². The number of piperidine rings is 1. The van der Waals surface area contributed by atoms with Gasteiger partial charge in [0, 0.05) is 55.0 Å². The molecule has 39 heavy (non-hydrogen) atoms. The summed E-state index contributed by atoms with van der Waals surface area (Å²) in [7, 11) is 1.56. The van der Waals surface area contributed by atoms with Gasteiger partial charge in [0.05, 0.1) is 17.6 Å². The smallest absolute Gasteiger partial charge is 0.471 e. The normalized spacial score (nSPS) is 18.4. The van der Waals surface area contributed by atoms with E-state index in [9.17, 15) is 27.6 Å². The maximum atomic E-state index is 13.2. The second-order valence-corrected chi connectivity index (χ2v) is 10.5. The van der Waals surface area contributed by atoms with Crippen LogP contribution in [0.5, 0.6) is 5.75 Å². The highest BCUT2D eigenvalue weighted by atomic mass is 32.1. The van der Waals surface area contributed by atoms with Crippen molar-refractivity contribution in [3.05, 3.63) is 52.1 Å². The van der Waals surface area contributed by atoms with Gasteiger partial charge in [-0.3, -0.25) is 14.4 Å². The molecule has 2 aromatic heterocycles. The van der Waals surface area contributed by atoms with E-state index in [0.717, 1.165) is 10.4 Å². The Labute approximate surface area is 226 Å². The van der Waals surface area contributed by atoms with Crippen molar-refractivity contribution in [2.24, 2.45) is 0 Å². The number of alkyl halides is 3. The predicted molar refractivity (Wildman–Crippen MR) is 137 cm³/mol. The molecule has 2 aliphatic heterocycles. The maximum Gasteiger partial charge on any atom is 0.471 e. The third-order valence-electron chi connectivity index (χ3n) is 7.06. The molecule has 3 aromatic rings. The van der Waals surface area contributed by atoms with Crippen LogP contribution in [0, 0.1) is 0 Å². The summed E-state index contributed by atoms with van der Waals surface area (Å²) >= 11 is 1.36. The van der Waals surface area contributed by atoms with E-state index in [1.54, 1.807) is 23.5 Å². The Morgan fingerprint density at radius 2 is 1.69 bits per heavy atom. The zero-order chi connectivity index (χ0) is 27.7. The second kappa shape index (κ2) is 10.8. The van der Waals surface area contributed by atoms with Crippen LogP contribution in [0.4, 0.5) is 13.2 Å². The molecule has 0 aliphatic carbocycles. The van der Waals surface area contributed by atoms with Crippen molar-refractivity contribution in [3.8, 4) is 5.75 Å². The maximum absolute atomic E-state index is 13.2. The monoisotopic (exact) mass is 561 g/mol. The van der Waals surface area contributed by atoms with Crippen molar-refractivity contribution in [2.75, 3.05) is 33.3 Å². The standard InChI is InChI=1S/C26H26F3N5O4S/c1-38-21-12-19(31-18-5-3-2-4-17(18)21)23(35)33-9-6-15(7-10-33)22-32-20(14-39-22)24(36)34-11-8-16(13-34)30-25(37)26(27,28)29/h2-5,12,14-16H,6-11,13H2,1H3,(H,30,37). The van der Waals surface area contributed by atoms with E-state index in [1.807, 2.05) is 29.6 Å². The molecular formula is C26H26F3N5O4S. The molecule has 0 radical (unpaired) electrons. The number of thiazole rings is 1. The summed E-state index contributed by atoms with van der Waals surface area (Å²) in [5.74, 6) is -1.88. The molecule has 1 unspecified atom stereocenters. The Morgan fingerprint density at radius 3 is 2.41 bits per heavy atom. The second-order valence-electron chi connectivity index (χ2n) is 9.57. The number of para-hydroxylation sites is 1. The molecule has 2 aliphatic rings. The van der Waals surface area contributed by atoms with Gasteiger partial charge in [0.1, 0.15) is 17.1 Å². The number of carbonyl (C=O) groups is 3. The Balaban J connectivity index is 1.18. The Bertz CT molecular complexity index is 1400. The first-order valence-corrected chi connectivity index (χ1v) is 13.4. The number of pyridine rings is 1. The number of halogens is 3. The largest absolute Gasteiger partial charge is 0.496 e. The molecule has 0 bridgehead atoms. The van der Waals surface area contributed by atoms with Crippen LogP contribution >= 0.6 is 11.3 Å². The number of ether oxygens (including phenoxy) is 1. The highest BCUT2D eigenvalue weighted by Crippen LogP contribution is 2.32. The zero-order valence-electron chi connectivity index (χ0n) is 21.0. The van der Waals surface area contributed by atoms with Crippen molar-refractivity contribution < 1.29 is 32.3 Å². The summed E-state index contributed by atoms with van der Waals surface area (Å²) in [4.78, 5) is 49.5. The molecule has 1 N–H and O–H groups in total. The van der Waals surface area contributed by atoms with Crippen LogP contribution in [0.1, 0.15) is 51.2 Å². The van der Waals surface area contributed by atoms with Crippen LogP contribution in [-0.4, -0.2) is 83.0 Å². The first-order valence-electron chi connectivity index (χ1n) is 12.5. The number of amides is 3. The molecule has 1 atom stereocenters. The SMILES string of the molecule is COc1cc(C(=O)N2CCC(c3nc(C(=O)N4CCC(NC(=O)C(F)(F)F)C4)cs3)CC2)nc2ccccc12. The van der Waals surface area contributed by atoms with Gasteiger partial charge >= 0.3 is 12.1 Å². The van der Waals surface area contributed by atoms with Gasteiger partial charge in [-0.25, -0.2) is 9.97 Å². The third-order valence-corrected chi connectivity index (χ3v) is 8.07. The van der Waals surface area contributed by atoms with Gasteiger partial charge in [0.2, 0.25) is 0 Å². The van der Waals surface area contributed by atoms with Gasteiger partial charge in [-0.2, -0.15) is 13.2 Å². The Morgan fingerprint density at radius 1 is 1.00 bits per heavy atom. The Kier molecular flexibility index (Phi) is 7.43. The summed E-state index contributed by atoms with van der Waals surface area (Å²) in [5, 5.41) is 5.21. The molecule has 0 spiro atoms. The number of rotatable bonds is 5. The lowest BCUT2D eigenvalue weighted by atomic mass is 9.97. The van der Waals surface area contributed by atoms with E-state index in [0.29, 0.717) is 42.9 Å². The fraction of sp³-hybridized carbons (Fsp3) is 0.423. The van der Waals surface area contributed by atoms with Crippen molar-refractivity contribution in [1.29, 1.82) is 0 Å². The van der Waals surface area contributed by atoms with Crippen LogP contribution in [0.3, 0.4) is 0 Å². The number of methoxy groups -OCH3 is 1. The molecule has 0 saturated carbocycles. The quantitative estimate of drug-likeness (QED) is 0.511. The van der Waals surface area contributed by atoms with Gasteiger partial charge < -0.3 is 19.9 Å². The topological polar surface area (TPSA) is 105 Å². The lowest BCUT2D eigenvalue weighted by Gasteiger charge is -2.31. The molecule has 9 nitrogen and oxygen atoms in total. The highest BCUT2D eigenvalue weighted by molar-refractivity contribution is 7.09. The third kappa shape index (κ3) is 5.68. The minimum Gasteiger partial charge on any atom is -0.496 e. The minimum absolute atomic E-state index is 0.00159. The molecule has 2 fully saturated rings. The number of hydrogen-bond donors (Lipinski definition) is 1. The molecular weight excluding hydrogens is 535 g/mol. The number of nitrogens with zero attached hydrogens (tertiary/aromatic N) is 4. The lowest BCUT2D eigenvalue weighted by molar-refractivity contribution is -0.174. The van der Waals surface area contributed by atoms with Gasteiger partial charge in [-0.15, -0.1) is 11.3 Å². The van der Waals surface area contributed by atoms with E-state index in [-0.39, 0.29) is 42.9 Å². The number of likely N-dealkylation sites (tertiary alicyclic amines) is 2. The summed E-state index contributed by atoms with van der Waals surface area (Å²) in [6.07, 6.45) is -3.37. The van der Waals surface area contributed by atoms with Gasteiger partial charge in [-0.05, 0) is 31.4 Å². The minimum atomic E-state index is -4.96. The van der Waals surface area contributed by atoms with Crippen LogP contribution in [0.15, 0.2) is 35.7 Å². The highest BCUT2D eigenvalue weighted by Gasteiger charge is 2.41. The first kappa shape index (κ1) is 26.9. The number of fused-ring (bicyclic) bond motifs is 1. The van der Waals surface area contributed by atoms with Gasteiger partial charge in [0.15, 0.2) is 0 Å². The Hall–Kier alpha value is -3.74. The molecule has 206 valence electrons. The number of aromatic nitrogens is 2. The van der Waals surface area contributed by atoms with Crippen LogP contribution in [-0.2, 0) is 4.79 Å². The van der Waals surface area contributed by atoms with E-state index in [1.165, 1.54) is 16.2 Å². The molecule has 13 heteroatoms. The molecule has 3 amide bonds. The summed E-state index contributed by atoms with van der Waals surface area (Å²) in [6, 6.07) is 8.38. The molecule has 1 aromatic carbocycles. The summed E-state index contributed by atoms with van der Waals surface area (Å²) in [6.45, 7) is 1.26. The van der Waals surface area contributed by atoms with Crippen molar-refractivity contribution in [1.82, 2.24) is 25.1 Å². The van der Waals surface area contributed by atoms with E-state index in [4.69, 9.17) is 4.74 Å². The lowest BCUT2D eigenvalue weighted by Crippen LogP contribution is -2.44. The van der Waals surface area contributed by atoms with Crippen LogP contribution in [0.25, 0.3) is 10.9 Å². The molecule has 5 rings (SSSR count). The summed E-state index contributed by atoms with van der Waals surface area (Å²) in [5.41, 5.74) is 1.24. The number of hydrogen-bond acceptors (Lipinski definition) is 7. The first-order chi connectivity index (χ1) is 18.6. The van der Waals surface area contributed by atoms with Gasteiger partial charge in [-0.1, -0.05) is 12.1 Å². The molecule has 2 saturated heterocycles. The number of nitrogens with one attached hydrogen (secondary N) is 1. The number of carbonyl (C=O) groups excluding carboxylic acids is 3. The van der Waals surface area contributed by atoms with E-state index >= 15 is 0 Å². The van der Waals surface area contributed by atoms with E-state index in [2.05, 4.69) is 9.97 Å². The van der Waals surface area contributed by atoms with Crippen molar-refractivity contribution in [2.45, 2.75) is 37.4 Å². The van der Waals surface area contributed by atoms with E-state index < -0.39 is 18.1 Å². The van der Waals surface area contributed by atoms with Crippen LogP contribution in [0.2, 0.25) is 0 Å². The average molecular weight is 562 g/mol. The van der Waals surface area contributed by atoms with Crippen LogP contribution < -0.4 is 10.1 Å². The predicted octanol–water partition coefficient (Wildman–Crippen LogP) is 3.61. The fourth-order valence-electron chi connectivity index (χ4n) is 4.98. The number of benzene rings is 1. The average Bonchev–Trinajstić information content (AvgIpc) is 3.62. The van der Waals surface area contributed by atoms with Crippen molar-refractivity contribution in [3.63, 3.8) is 0 Å². The molecule has 4 heterocycles.